The van der Waals surface area contributed by atoms with Crippen molar-refractivity contribution in [1.82, 2.24) is 9.80 Å². The van der Waals surface area contributed by atoms with Crippen LogP contribution in [0.2, 0.25) is 0 Å². The highest BCUT2D eigenvalue weighted by atomic mass is 16.5. The summed E-state index contributed by atoms with van der Waals surface area (Å²) in [6, 6.07) is 8.30. The first kappa shape index (κ1) is 19.2. The van der Waals surface area contributed by atoms with E-state index in [4.69, 9.17) is 4.74 Å². The van der Waals surface area contributed by atoms with Crippen LogP contribution < -0.4 is 4.74 Å². The normalized spacial score (nSPS) is 23.2. The third-order valence-electron chi connectivity index (χ3n) is 5.82. The first-order valence-corrected chi connectivity index (χ1v) is 9.88. The number of amides is 1. The highest BCUT2D eigenvalue weighted by Gasteiger charge is 2.42. The Kier molecular flexibility index (Phi) is 6.20. The van der Waals surface area contributed by atoms with E-state index in [1.165, 1.54) is 5.56 Å². The van der Waals surface area contributed by atoms with Crippen molar-refractivity contribution >= 4 is 5.91 Å². The zero-order valence-electron chi connectivity index (χ0n) is 16.1. The van der Waals surface area contributed by atoms with Gasteiger partial charge in [0, 0.05) is 32.1 Å². The molecule has 0 saturated carbocycles. The number of carbonyl (C=O) groups is 1. The maximum atomic E-state index is 11.8. The highest BCUT2D eigenvalue weighted by Crippen LogP contribution is 2.40. The molecular weight excluding hydrogens is 328 g/mol. The number of piperidine rings is 2. The van der Waals surface area contributed by atoms with Crippen molar-refractivity contribution in [1.29, 1.82) is 0 Å². The van der Waals surface area contributed by atoms with Crippen molar-refractivity contribution in [2.24, 2.45) is 5.41 Å². The standard InChI is InChI=1S/C21H32N2O3/c1-3-12-26-20-7-5-4-6-18(20)14-22-10-8-21(9-11-22)13-19(25)15-23(16-21)17(2)24/h4-7,19,25H,3,8-16H2,1-2H3. The highest BCUT2D eigenvalue weighted by molar-refractivity contribution is 5.73. The van der Waals surface area contributed by atoms with Crippen molar-refractivity contribution < 1.29 is 14.6 Å². The van der Waals surface area contributed by atoms with Crippen LogP contribution >= 0.6 is 0 Å². The lowest BCUT2D eigenvalue weighted by Gasteiger charge is -2.49. The van der Waals surface area contributed by atoms with Gasteiger partial charge in [0.1, 0.15) is 5.75 Å². The summed E-state index contributed by atoms with van der Waals surface area (Å²) in [5.74, 6) is 1.07. The average molecular weight is 360 g/mol. The third kappa shape index (κ3) is 4.57. The number of aliphatic hydroxyl groups excluding tert-OH is 1. The predicted octanol–water partition coefficient (Wildman–Crippen LogP) is 2.67. The van der Waals surface area contributed by atoms with Crippen molar-refractivity contribution in [2.75, 3.05) is 32.8 Å². The predicted molar refractivity (Wildman–Crippen MR) is 102 cm³/mol. The number of β-amino-alcohol motifs (C(OH)–C–C–N with tert-alkyl or cyclic N) is 1. The largest absolute Gasteiger partial charge is 0.493 e. The minimum atomic E-state index is -0.387. The van der Waals surface area contributed by atoms with Crippen LogP contribution in [0.5, 0.6) is 5.75 Å². The summed E-state index contributed by atoms with van der Waals surface area (Å²) in [7, 11) is 0. The second-order valence-corrected chi connectivity index (χ2v) is 7.99. The molecule has 5 nitrogen and oxygen atoms in total. The van der Waals surface area contributed by atoms with Crippen LogP contribution in [0.1, 0.15) is 45.1 Å². The van der Waals surface area contributed by atoms with Crippen molar-refractivity contribution in [3.05, 3.63) is 29.8 Å². The first-order chi connectivity index (χ1) is 12.5. The maximum Gasteiger partial charge on any atom is 0.219 e. The molecule has 1 amide bonds. The molecular formula is C21H32N2O3. The van der Waals surface area contributed by atoms with Gasteiger partial charge in [-0.25, -0.2) is 0 Å². The van der Waals surface area contributed by atoms with E-state index in [0.717, 1.165) is 64.2 Å². The van der Waals surface area contributed by atoms with Crippen molar-refractivity contribution in [3.63, 3.8) is 0 Å². The Labute approximate surface area is 156 Å². The van der Waals surface area contributed by atoms with E-state index in [2.05, 4.69) is 30.0 Å². The molecule has 26 heavy (non-hydrogen) atoms. The molecule has 1 unspecified atom stereocenters. The lowest BCUT2D eigenvalue weighted by Crippen LogP contribution is -2.54. The Morgan fingerprint density at radius 3 is 2.73 bits per heavy atom. The number of ether oxygens (including phenoxy) is 1. The fourth-order valence-electron chi connectivity index (χ4n) is 4.37. The molecule has 1 N–H and O–H groups in total. The summed E-state index contributed by atoms with van der Waals surface area (Å²) in [5.41, 5.74) is 1.32. The van der Waals surface area contributed by atoms with E-state index in [-0.39, 0.29) is 17.4 Å². The quantitative estimate of drug-likeness (QED) is 0.877. The minimum Gasteiger partial charge on any atom is -0.493 e. The van der Waals surface area contributed by atoms with Gasteiger partial charge in [-0.3, -0.25) is 9.69 Å². The molecule has 1 atom stereocenters. The van der Waals surface area contributed by atoms with Gasteiger partial charge in [0.15, 0.2) is 0 Å². The van der Waals surface area contributed by atoms with Gasteiger partial charge >= 0.3 is 0 Å². The number of hydrogen-bond donors (Lipinski definition) is 1. The molecule has 2 heterocycles. The fourth-order valence-corrected chi connectivity index (χ4v) is 4.37. The van der Waals surface area contributed by atoms with E-state index in [9.17, 15) is 9.90 Å². The molecule has 0 bridgehead atoms. The number of aliphatic hydroxyl groups is 1. The number of carbonyl (C=O) groups excluding carboxylic acids is 1. The van der Waals surface area contributed by atoms with Gasteiger partial charge in [-0.15, -0.1) is 0 Å². The molecule has 2 aliphatic heterocycles. The zero-order valence-corrected chi connectivity index (χ0v) is 16.1. The maximum absolute atomic E-state index is 11.8. The molecule has 1 aromatic carbocycles. The molecule has 0 aromatic heterocycles. The van der Waals surface area contributed by atoms with Crippen LogP contribution in [0.15, 0.2) is 24.3 Å². The summed E-state index contributed by atoms with van der Waals surface area (Å²) in [6.45, 7) is 8.66. The Balaban J connectivity index is 1.60. The van der Waals surface area contributed by atoms with Gasteiger partial charge < -0.3 is 14.7 Å². The molecule has 2 saturated heterocycles. The Bertz CT molecular complexity index is 611. The van der Waals surface area contributed by atoms with Crippen LogP contribution in [0.25, 0.3) is 0 Å². The number of likely N-dealkylation sites (tertiary alicyclic amines) is 2. The lowest BCUT2D eigenvalue weighted by atomic mass is 9.71. The molecule has 2 fully saturated rings. The zero-order chi connectivity index (χ0) is 18.6. The van der Waals surface area contributed by atoms with Crippen molar-refractivity contribution in [2.45, 2.75) is 52.2 Å². The molecule has 1 aromatic rings. The molecule has 3 rings (SSSR count). The van der Waals surface area contributed by atoms with Gasteiger partial charge in [0.25, 0.3) is 0 Å². The first-order valence-electron chi connectivity index (χ1n) is 9.88. The molecule has 2 aliphatic rings. The number of benzene rings is 1. The molecule has 144 valence electrons. The monoisotopic (exact) mass is 360 g/mol. The SMILES string of the molecule is CCCOc1ccccc1CN1CCC2(CC1)CC(O)CN(C(C)=O)C2. The fraction of sp³-hybridized carbons (Fsp3) is 0.667. The molecule has 1 spiro atoms. The summed E-state index contributed by atoms with van der Waals surface area (Å²) < 4.78 is 5.89. The Morgan fingerprint density at radius 2 is 2.04 bits per heavy atom. The van der Waals surface area contributed by atoms with Gasteiger partial charge in [0.05, 0.1) is 12.7 Å². The van der Waals surface area contributed by atoms with Crippen molar-refractivity contribution in [3.8, 4) is 5.75 Å². The van der Waals surface area contributed by atoms with E-state index in [1.54, 1.807) is 6.92 Å². The average Bonchev–Trinajstić information content (AvgIpc) is 2.62. The van der Waals surface area contributed by atoms with Gasteiger partial charge in [0.2, 0.25) is 5.91 Å². The van der Waals surface area contributed by atoms with Crippen LogP contribution in [-0.2, 0) is 11.3 Å². The molecule has 5 heteroatoms. The Morgan fingerprint density at radius 1 is 1.31 bits per heavy atom. The number of rotatable bonds is 5. The number of hydrogen-bond acceptors (Lipinski definition) is 4. The second kappa shape index (κ2) is 8.40. The summed E-state index contributed by atoms with van der Waals surface area (Å²) in [4.78, 5) is 16.1. The van der Waals surface area contributed by atoms with E-state index in [0.29, 0.717) is 6.54 Å². The van der Waals surface area contributed by atoms with Crippen LogP contribution in [0.4, 0.5) is 0 Å². The smallest absolute Gasteiger partial charge is 0.219 e. The topological polar surface area (TPSA) is 53.0 Å². The van der Waals surface area contributed by atoms with Gasteiger partial charge in [-0.2, -0.15) is 0 Å². The summed E-state index contributed by atoms with van der Waals surface area (Å²) in [5, 5.41) is 10.2. The molecule has 0 radical (unpaired) electrons. The second-order valence-electron chi connectivity index (χ2n) is 7.99. The lowest BCUT2D eigenvalue weighted by molar-refractivity contribution is -0.138. The van der Waals surface area contributed by atoms with Crippen LogP contribution in [0.3, 0.4) is 0 Å². The van der Waals surface area contributed by atoms with E-state index < -0.39 is 0 Å². The van der Waals surface area contributed by atoms with Gasteiger partial charge in [-0.05, 0) is 50.3 Å². The van der Waals surface area contributed by atoms with E-state index >= 15 is 0 Å². The van der Waals surface area contributed by atoms with Crippen LogP contribution in [-0.4, -0.2) is 59.7 Å². The number of nitrogens with zero attached hydrogens (tertiary/aromatic N) is 2. The number of para-hydroxylation sites is 1. The Hall–Kier alpha value is -1.59. The molecule has 0 aliphatic carbocycles. The van der Waals surface area contributed by atoms with Crippen LogP contribution in [0, 0.1) is 5.41 Å². The van der Waals surface area contributed by atoms with E-state index in [1.807, 2.05) is 11.0 Å². The third-order valence-corrected chi connectivity index (χ3v) is 5.82. The van der Waals surface area contributed by atoms with Gasteiger partial charge in [-0.1, -0.05) is 25.1 Å². The summed E-state index contributed by atoms with van der Waals surface area (Å²) >= 11 is 0. The summed E-state index contributed by atoms with van der Waals surface area (Å²) in [6.07, 6.45) is 3.51. The minimum absolute atomic E-state index is 0.0764.